The molecular weight excluding hydrogens is 405 g/mol. The summed E-state index contributed by atoms with van der Waals surface area (Å²) < 4.78 is 55.6. The van der Waals surface area contributed by atoms with E-state index in [0.717, 1.165) is 18.2 Å². The molecule has 1 aromatic heterocycles. The summed E-state index contributed by atoms with van der Waals surface area (Å²) in [6, 6.07) is 11.1. The van der Waals surface area contributed by atoms with Crippen LogP contribution in [0.25, 0.3) is 17.0 Å². The van der Waals surface area contributed by atoms with Gasteiger partial charge in [0.05, 0.1) is 7.11 Å². The van der Waals surface area contributed by atoms with Gasteiger partial charge in [0.15, 0.2) is 0 Å². The monoisotopic (exact) mass is 420 g/mol. The van der Waals surface area contributed by atoms with Crippen LogP contribution in [0.15, 0.2) is 63.8 Å². The van der Waals surface area contributed by atoms with Crippen molar-refractivity contribution in [3.05, 3.63) is 76.2 Å². The Bertz CT molecular complexity index is 1130. The van der Waals surface area contributed by atoms with Gasteiger partial charge in [0, 0.05) is 29.2 Å². The summed E-state index contributed by atoms with van der Waals surface area (Å²) in [6.07, 6.45) is -2.27. The highest BCUT2D eigenvalue weighted by Crippen LogP contribution is 2.24. The van der Waals surface area contributed by atoms with Crippen molar-refractivity contribution in [3.63, 3.8) is 0 Å². The molecule has 30 heavy (non-hydrogen) atoms. The van der Waals surface area contributed by atoms with Crippen LogP contribution >= 0.6 is 0 Å². The summed E-state index contributed by atoms with van der Waals surface area (Å²) in [5.74, 6) is -0.552. The topological polar surface area (TPSA) is 75.0 Å². The Balaban J connectivity index is 1.65. The van der Waals surface area contributed by atoms with Crippen molar-refractivity contribution in [1.29, 1.82) is 0 Å². The van der Waals surface area contributed by atoms with Crippen LogP contribution in [0, 0.1) is 0 Å². The number of carbonyl (C=O) groups is 1. The van der Waals surface area contributed by atoms with Crippen molar-refractivity contribution in [2.75, 3.05) is 7.11 Å². The molecule has 0 fully saturated rings. The van der Waals surface area contributed by atoms with E-state index in [1.807, 2.05) is 0 Å². The fourth-order valence-electron chi connectivity index (χ4n) is 2.60. The molecular formula is C21H15F3O6. The molecule has 156 valence electrons. The van der Waals surface area contributed by atoms with E-state index in [4.69, 9.17) is 13.9 Å². The van der Waals surface area contributed by atoms with Crippen LogP contribution in [0.5, 0.6) is 11.5 Å². The number of carbonyl (C=O) groups excluding carboxylic acids is 1. The third-order valence-electron chi connectivity index (χ3n) is 3.93. The van der Waals surface area contributed by atoms with Crippen molar-refractivity contribution in [2.24, 2.45) is 0 Å². The van der Waals surface area contributed by atoms with Gasteiger partial charge >= 0.3 is 18.0 Å². The molecule has 0 aliphatic heterocycles. The van der Waals surface area contributed by atoms with Gasteiger partial charge in [-0.05, 0) is 35.9 Å². The number of esters is 1. The third-order valence-corrected chi connectivity index (χ3v) is 3.93. The number of halogens is 3. The van der Waals surface area contributed by atoms with E-state index in [0.29, 0.717) is 27.8 Å². The largest absolute Gasteiger partial charge is 0.573 e. The second kappa shape index (κ2) is 8.73. The molecule has 1 heterocycles. The number of alkyl halides is 3. The molecule has 6 nitrogen and oxygen atoms in total. The molecule has 0 amide bonds. The lowest BCUT2D eigenvalue weighted by Crippen LogP contribution is -2.16. The maximum atomic E-state index is 12.2. The molecule has 0 atom stereocenters. The van der Waals surface area contributed by atoms with Crippen LogP contribution in [0.3, 0.4) is 0 Å². The summed E-state index contributed by atoms with van der Waals surface area (Å²) in [5.41, 5.74) is 0.627. The molecule has 0 bridgehead atoms. The molecule has 2 aromatic carbocycles. The number of benzene rings is 2. The van der Waals surface area contributed by atoms with Crippen molar-refractivity contribution < 1.29 is 36.6 Å². The summed E-state index contributed by atoms with van der Waals surface area (Å²) in [6.45, 7) is -0.171. The Kier molecular flexibility index (Phi) is 6.10. The molecule has 3 rings (SSSR count). The van der Waals surface area contributed by atoms with E-state index in [-0.39, 0.29) is 12.4 Å². The first kappa shape index (κ1) is 21.0. The average Bonchev–Trinajstić information content (AvgIpc) is 2.69. The number of methoxy groups -OCH3 is 1. The van der Waals surface area contributed by atoms with Gasteiger partial charge in [0.2, 0.25) is 0 Å². The van der Waals surface area contributed by atoms with E-state index < -0.39 is 18.0 Å². The lowest BCUT2D eigenvalue weighted by atomic mass is 10.1. The predicted octanol–water partition coefficient (Wildman–Crippen LogP) is 4.46. The molecule has 0 saturated heterocycles. The van der Waals surface area contributed by atoms with Gasteiger partial charge in [0.25, 0.3) is 0 Å². The van der Waals surface area contributed by atoms with Gasteiger partial charge in [0.1, 0.15) is 23.7 Å². The van der Waals surface area contributed by atoms with Crippen LogP contribution in [-0.2, 0) is 16.1 Å². The quantitative estimate of drug-likeness (QED) is 0.333. The molecule has 0 saturated carbocycles. The van der Waals surface area contributed by atoms with E-state index in [9.17, 15) is 22.8 Å². The number of fused-ring (bicyclic) bond motifs is 1. The first-order chi connectivity index (χ1) is 14.2. The normalized spacial score (nSPS) is 11.6. The van der Waals surface area contributed by atoms with Gasteiger partial charge in [-0.3, -0.25) is 0 Å². The van der Waals surface area contributed by atoms with Crippen LogP contribution < -0.4 is 15.1 Å². The minimum Gasteiger partial charge on any atom is -0.497 e. The fourth-order valence-corrected chi connectivity index (χ4v) is 2.60. The molecule has 0 aliphatic rings. The summed E-state index contributed by atoms with van der Waals surface area (Å²) in [5, 5.41) is 0.590. The van der Waals surface area contributed by atoms with Gasteiger partial charge in [-0.2, -0.15) is 0 Å². The zero-order chi connectivity index (χ0) is 21.7. The maximum absolute atomic E-state index is 12.2. The molecule has 0 spiro atoms. The number of hydrogen-bond donors (Lipinski definition) is 0. The standard InChI is InChI=1S/C21H15F3O6/c1-27-16-7-8-17-14(10-20(26)29-18(17)11-16)12-28-19(25)9-4-13-2-5-15(6-3-13)30-21(22,23)24/h2-11H,12H2,1H3/b9-4+. The molecule has 3 aromatic rings. The molecule has 0 unspecified atom stereocenters. The molecule has 0 aliphatic carbocycles. The van der Waals surface area contributed by atoms with E-state index in [1.54, 1.807) is 18.2 Å². The Hall–Kier alpha value is -3.75. The molecule has 9 heteroatoms. The summed E-state index contributed by atoms with van der Waals surface area (Å²) >= 11 is 0. The predicted molar refractivity (Wildman–Crippen MR) is 101 cm³/mol. The SMILES string of the molecule is COc1ccc2c(COC(=O)/C=C/c3ccc(OC(F)(F)F)cc3)cc(=O)oc2c1. The van der Waals surface area contributed by atoms with Crippen molar-refractivity contribution in [3.8, 4) is 11.5 Å². The first-order valence-corrected chi connectivity index (χ1v) is 8.55. The van der Waals surface area contributed by atoms with Crippen LogP contribution in [0.1, 0.15) is 11.1 Å². The van der Waals surface area contributed by atoms with Crippen molar-refractivity contribution in [2.45, 2.75) is 13.0 Å². The smallest absolute Gasteiger partial charge is 0.497 e. The highest BCUT2D eigenvalue weighted by Gasteiger charge is 2.30. The minimum absolute atomic E-state index is 0.171. The zero-order valence-corrected chi connectivity index (χ0v) is 15.6. The van der Waals surface area contributed by atoms with Crippen molar-refractivity contribution >= 4 is 23.0 Å². The highest BCUT2D eigenvalue weighted by atomic mass is 19.4. The second-order valence-corrected chi connectivity index (χ2v) is 6.01. The van der Waals surface area contributed by atoms with Gasteiger partial charge in [-0.15, -0.1) is 13.2 Å². The zero-order valence-electron chi connectivity index (χ0n) is 15.6. The van der Waals surface area contributed by atoms with Gasteiger partial charge < -0.3 is 18.6 Å². The molecule has 0 N–H and O–H groups in total. The van der Waals surface area contributed by atoms with Crippen LogP contribution in [0.4, 0.5) is 13.2 Å². The maximum Gasteiger partial charge on any atom is 0.573 e. The average molecular weight is 420 g/mol. The fraction of sp³-hybridized carbons (Fsp3) is 0.143. The first-order valence-electron chi connectivity index (χ1n) is 8.55. The highest BCUT2D eigenvalue weighted by molar-refractivity contribution is 5.87. The Morgan fingerprint density at radius 3 is 2.43 bits per heavy atom. The van der Waals surface area contributed by atoms with E-state index >= 15 is 0 Å². The third kappa shape index (κ3) is 5.63. The number of hydrogen-bond acceptors (Lipinski definition) is 6. The lowest BCUT2D eigenvalue weighted by Gasteiger charge is -2.08. The lowest BCUT2D eigenvalue weighted by molar-refractivity contribution is -0.274. The number of rotatable bonds is 6. The van der Waals surface area contributed by atoms with Crippen LogP contribution in [0.2, 0.25) is 0 Å². The summed E-state index contributed by atoms with van der Waals surface area (Å²) in [4.78, 5) is 23.7. The minimum atomic E-state index is -4.77. The second-order valence-electron chi connectivity index (χ2n) is 6.01. The number of ether oxygens (including phenoxy) is 3. The Morgan fingerprint density at radius 2 is 1.77 bits per heavy atom. The van der Waals surface area contributed by atoms with E-state index in [1.165, 1.54) is 31.4 Å². The Morgan fingerprint density at radius 1 is 1.07 bits per heavy atom. The summed E-state index contributed by atoms with van der Waals surface area (Å²) in [7, 11) is 1.48. The van der Waals surface area contributed by atoms with Crippen molar-refractivity contribution in [1.82, 2.24) is 0 Å². The van der Waals surface area contributed by atoms with Gasteiger partial charge in [-0.25, -0.2) is 9.59 Å². The molecule has 0 radical (unpaired) electrons. The Labute approximate surface area is 168 Å². The van der Waals surface area contributed by atoms with E-state index in [2.05, 4.69) is 4.74 Å². The van der Waals surface area contributed by atoms with Gasteiger partial charge in [-0.1, -0.05) is 12.1 Å². The van der Waals surface area contributed by atoms with Crippen LogP contribution in [-0.4, -0.2) is 19.4 Å².